The van der Waals surface area contributed by atoms with Crippen molar-refractivity contribution in [2.24, 2.45) is 0 Å². The maximum Gasteiger partial charge on any atom is 0.488 e. The molecule has 96 valence electrons. The molecule has 1 atom stereocenters. The maximum absolute atomic E-state index is 9.20. The lowest BCUT2D eigenvalue weighted by Gasteiger charge is -2.29. The summed E-state index contributed by atoms with van der Waals surface area (Å²) in [6.07, 6.45) is 0. The van der Waals surface area contributed by atoms with Gasteiger partial charge in [0.2, 0.25) is 0 Å². The summed E-state index contributed by atoms with van der Waals surface area (Å²) in [5.41, 5.74) is 2.18. The van der Waals surface area contributed by atoms with E-state index in [1.165, 1.54) is 0 Å². The minimum absolute atomic E-state index is 0.399. The van der Waals surface area contributed by atoms with Crippen LogP contribution in [0.15, 0.2) is 40.9 Å². The number of hydrogen-bond acceptors (Lipinski definition) is 4. The van der Waals surface area contributed by atoms with Crippen molar-refractivity contribution in [1.29, 1.82) is 0 Å². The summed E-state index contributed by atoms with van der Waals surface area (Å²) in [4.78, 5) is 0. The van der Waals surface area contributed by atoms with Crippen LogP contribution in [0.2, 0.25) is 0 Å². The van der Waals surface area contributed by atoms with E-state index in [1.54, 1.807) is 18.2 Å². The molecule has 0 amide bonds. The Morgan fingerprint density at radius 1 is 1.05 bits per heavy atom. The van der Waals surface area contributed by atoms with Gasteiger partial charge in [-0.1, -0.05) is 22.0 Å². The minimum atomic E-state index is -1.50. The Kier molecular flexibility index (Phi) is 3.27. The largest absolute Gasteiger partial charge is 0.488 e. The summed E-state index contributed by atoms with van der Waals surface area (Å²) < 4.78 is 8.66. The average Bonchev–Trinajstić information content (AvgIpc) is 2.37. The fraction of sp³-hybridized carbons (Fsp3) is 0. The van der Waals surface area contributed by atoms with Gasteiger partial charge in [0, 0.05) is 4.47 Å². The Morgan fingerprint density at radius 2 is 1.68 bits per heavy atom. The third-order valence-corrected chi connectivity index (χ3v) is 3.99. The van der Waals surface area contributed by atoms with Crippen LogP contribution in [-0.4, -0.2) is 17.2 Å². The minimum Gasteiger partial charge on any atom is -0.453 e. The molecular formula is C12H10BBrNO3P. The van der Waals surface area contributed by atoms with Crippen molar-refractivity contribution in [3.8, 4) is 11.5 Å². The zero-order chi connectivity index (χ0) is 13.6. The summed E-state index contributed by atoms with van der Waals surface area (Å²) in [6, 6.07) is 10.8. The summed E-state index contributed by atoms with van der Waals surface area (Å²) in [5, 5.41) is 18.4. The molecule has 0 aromatic heterocycles. The van der Waals surface area contributed by atoms with Crippen LogP contribution >= 0.6 is 25.3 Å². The molecule has 0 bridgehead atoms. The number of anilines is 2. The van der Waals surface area contributed by atoms with Gasteiger partial charge < -0.3 is 19.5 Å². The standard InChI is InChI=1S/C12H10BBrNO3P/c14-8-2-4-10-12(6-8)18-11-5-7(13(16)17)1-3-9(11)15(10)19/h1-6,16-17H,19H2. The molecule has 1 aliphatic heterocycles. The van der Waals surface area contributed by atoms with E-state index in [2.05, 4.69) is 25.3 Å². The zero-order valence-electron chi connectivity index (χ0n) is 9.75. The molecule has 2 aromatic carbocycles. The maximum atomic E-state index is 9.20. The Bertz CT molecular complexity index is 653. The van der Waals surface area contributed by atoms with Crippen LogP contribution in [0.1, 0.15) is 0 Å². The first-order chi connectivity index (χ1) is 9.06. The predicted molar refractivity (Wildman–Crippen MR) is 82.3 cm³/mol. The summed E-state index contributed by atoms with van der Waals surface area (Å²) in [6.45, 7) is 0. The van der Waals surface area contributed by atoms with Crippen molar-refractivity contribution in [2.75, 3.05) is 4.67 Å². The highest BCUT2D eigenvalue weighted by atomic mass is 79.9. The van der Waals surface area contributed by atoms with Crippen LogP contribution in [0, 0.1) is 0 Å². The molecule has 1 unspecified atom stereocenters. The fourth-order valence-electron chi connectivity index (χ4n) is 1.99. The van der Waals surface area contributed by atoms with Crippen molar-refractivity contribution in [1.82, 2.24) is 0 Å². The Balaban J connectivity index is 2.10. The van der Waals surface area contributed by atoms with Crippen molar-refractivity contribution in [2.45, 2.75) is 0 Å². The molecule has 0 aliphatic carbocycles. The summed E-state index contributed by atoms with van der Waals surface area (Å²) >= 11 is 3.40. The Morgan fingerprint density at radius 3 is 2.37 bits per heavy atom. The molecule has 0 spiro atoms. The van der Waals surface area contributed by atoms with Gasteiger partial charge in [-0.3, -0.25) is 0 Å². The van der Waals surface area contributed by atoms with Crippen LogP contribution in [-0.2, 0) is 0 Å². The number of ether oxygens (including phenoxy) is 1. The first-order valence-corrected chi connectivity index (χ1v) is 6.89. The predicted octanol–water partition coefficient (Wildman–Crippen LogP) is 2.16. The van der Waals surface area contributed by atoms with Gasteiger partial charge in [0.25, 0.3) is 0 Å². The number of hydrogen-bond donors (Lipinski definition) is 2. The van der Waals surface area contributed by atoms with Crippen molar-refractivity contribution in [3.05, 3.63) is 40.9 Å². The molecule has 2 N–H and O–H groups in total. The Hall–Kier alpha value is -1.07. The van der Waals surface area contributed by atoms with Gasteiger partial charge in [0.05, 0.1) is 11.4 Å². The van der Waals surface area contributed by atoms with Crippen LogP contribution in [0.25, 0.3) is 0 Å². The lowest BCUT2D eigenvalue weighted by Crippen LogP contribution is -2.30. The van der Waals surface area contributed by atoms with Gasteiger partial charge in [0.1, 0.15) is 0 Å². The van der Waals surface area contributed by atoms with E-state index in [-0.39, 0.29) is 0 Å². The van der Waals surface area contributed by atoms with E-state index in [4.69, 9.17) is 4.74 Å². The van der Waals surface area contributed by atoms with Crippen molar-refractivity contribution in [3.63, 3.8) is 0 Å². The molecule has 4 nitrogen and oxygen atoms in total. The van der Waals surface area contributed by atoms with E-state index >= 15 is 0 Å². The average molecular weight is 338 g/mol. The van der Waals surface area contributed by atoms with Crippen LogP contribution in [0.3, 0.4) is 0 Å². The van der Waals surface area contributed by atoms with Gasteiger partial charge in [-0.05, 0) is 45.2 Å². The first kappa shape index (κ1) is 12.9. The monoisotopic (exact) mass is 337 g/mol. The Labute approximate surface area is 121 Å². The molecule has 0 saturated heterocycles. The van der Waals surface area contributed by atoms with Crippen LogP contribution in [0.5, 0.6) is 11.5 Å². The van der Waals surface area contributed by atoms with E-state index in [0.29, 0.717) is 17.0 Å². The lowest BCUT2D eigenvalue weighted by atomic mass is 9.80. The number of benzene rings is 2. The fourth-order valence-corrected chi connectivity index (χ4v) is 2.76. The quantitative estimate of drug-likeness (QED) is 0.618. The number of fused-ring (bicyclic) bond motifs is 2. The topological polar surface area (TPSA) is 52.9 Å². The highest BCUT2D eigenvalue weighted by Gasteiger charge is 2.24. The zero-order valence-corrected chi connectivity index (χ0v) is 12.5. The van der Waals surface area contributed by atoms with Crippen LogP contribution in [0.4, 0.5) is 11.4 Å². The second-order valence-electron chi connectivity index (χ2n) is 4.18. The van der Waals surface area contributed by atoms with E-state index < -0.39 is 7.12 Å². The van der Waals surface area contributed by atoms with Crippen molar-refractivity contribution < 1.29 is 14.8 Å². The molecule has 1 heterocycles. The van der Waals surface area contributed by atoms with Gasteiger partial charge in [-0.25, -0.2) is 0 Å². The molecule has 3 rings (SSSR count). The highest BCUT2D eigenvalue weighted by molar-refractivity contribution is 9.10. The molecule has 0 radical (unpaired) electrons. The number of halogens is 1. The molecule has 7 heteroatoms. The third kappa shape index (κ3) is 2.25. The molecule has 19 heavy (non-hydrogen) atoms. The lowest BCUT2D eigenvalue weighted by molar-refractivity contribution is 0.425. The van der Waals surface area contributed by atoms with Gasteiger partial charge in [0.15, 0.2) is 11.5 Å². The second-order valence-corrected chi connectivity index (χ2v) is 5.62. The number of nitrogens with zero attached hydrogens (tertiary/aromatic N) is 1. The van der Waals surface area contributed by atoms with Gasteiger partial charge >= 0.3 is 7.12 Å². The smallest absolute Gasteiger partial charge is 0.453 e. The molecule has 0 saturated carbocycles. The van der Waals surface area contributed by atoms with E-state index in [0.717, 1.165) is 15.8 Å². The number of rotatable bonds is 1. The van der Waals surface area contributed by atoms with E-state index in [1.807, 2.05) is 22.9 Å². The second kappa shape index (κ2) is 4.80. The molecule has 1 aliphatic rings. The normalized spacial score (nSPS) is 12.5. The molecular weight excluding hydrogens is 328 g/mol. The van der Waals surface area contributed by atoms with Crippen LogP contribution < -0.4 is 14.9 Å². The van der Waals surface area contributed by atoms with Gasteiger partial charge in [-0.2, -0.15) is 0 Å². The summed E-state index contributed by atoms with van der Waals surface area (Å²) in [5.74, 6) is 1.30. The molecule has 2 aromatic rings. The van der Waals surface area contributed by atoms with Crippen molar-refractivity contribution >= 4 is 49.3 Å². The summed E-state index contributed by atoms with van der Waals surface area (Å²) in [7, 11) is 1.13. The third-order valence-electron chi connectivity index (χ3n) is 2.94. The van der Waals surface area contributed by atoms with Gasteiger partial charge in [-0.15, -0.1) is 0 Å². The van der Waals surface area contributed by atoms with E-state index in [9.17, 15) is 10.0 Å². The highest BCUT2D eigenvalue weighted by Crippen LogP contribution is 2.48. The first-order valence-electron chi connectivity index (χ1n) is 5.58. The molecule has 0 fully saturated rings. The SMILES string of the molecule is OB(O)c1ccc2c(c1)Oc1cc(Br)ccc1N2P.